The molecule has 3 rings (SSSR count). The minimum atomic E-state index is -0.295. The zero-order valence-electron chi connectivity index (χ0n) is 12.5. The average molecular weight is 316 g/mol. The van der Waals surface area contributed by atoms with Crippen molar-refractivity contribution in [3.05, 3.63) is 42.0 Å². The Bertz CT molecular complexity index is 567. The monoisotopic (exact) mass is 316 g/mol. The second kappa shape index (κ2) is 7.01. The summed E-state index contributed by atoms with van der Waals surface area (Å²) >= 11 is 1.65. The standard InChI is InChI=1S/C17H20N2O2S/c20-16(9-8-14-6-2-1-3-7-14)19-13-22-12-15(19)17(21)18-10-4-5-11-18/h1-3,6-9,15H,4-5,10-13H2/t15-/m0/s1. The largest absolute Gasteiger partial charge is 0.341 e. The summed E-state index contributed by atoms with van der Waals surface area (Å²) in [6.45, 7) is 1.67. The highest BCUT2D eigenvalue weighted by molar-refractivity contribution is 7.99. The van der Waals surface area contributed by atoms with Gasteiger partial charge in [-0.2, -0.15) is 0 Å². The SMILES string of the molecule is O=C([C@@H]1CSCN1C(=O)C=Cc1ccccc1)N1CCCC1. The van der Waals surface area contributed by atoms with Crippen LogP contribution in [0.25, 0.3) is 6.08 Å². The number of hydrogen-bond acceptors (Lipinski definition) is 3. The highest BCUT2D eigenvalue weighted by Crippen LogP contribution is 2.24. The average Bonchev–Trinajstić information content (AvgIpc) is 3.24. The summed E-state index contributed by atoms with van der Waals surface area (Å²) in [6.07, 6.45) is 5.54. The van der Waals surface area contributed by atoms with Crippen LogP contribution in [-0.2, 0) is 9.59 Å². The van der Waals surface area contributed by atoms with Crippen LogP contribution in [0.1, 0.15) is 18.4 Å². The predicted octanol–water partition coefficient (Wildman–Crippen LogP) is 2.22. The maximum atomic E-state index is 12.5. The van der Waals surface area contributed by atoms with Crippen molar-refractivity contribution in [1.82, 2.24) is 9.80 Å². The van der Waals surface area contributed by atoms with E-state index in [-0.39, 0.29) is 17.9 Å². The van der Waals surface area contributed by atoms with Crippen LogP contribution in [0.3, 0.4) is 0 Å². The number of amides is 2. The Morgan fingerprint density at radius 3 is 2.59 bits per heavy atom. The molecule has 0 spiro atoms. The lowest BCUT2D eigenvalue weighted by Gasteiger charge is -2.26. The molecule has 1 aromatic rings. The molecule has 0 aromatic heterocycles. The Kier molecular flexibility index (Phi) is 4.83. The highest BCUT2D eigenvalue weighted by Gasteiger charge is 2.36. The molecule has 22 heavy (non-hydrogen) atoms. The molecule has 0 bridgehead atoms. The number of nitrogens with zero attached hydrogens (tertiary/aromatic N) is 2. The molecule has 2 aliphatic rings. The molecule has 2 amide bonds. The Labute approximate surface area is 135 Å². The van der Waals surface area contributed by atoms with E-state index < -0.39 is 0 Å². The lowest BCUT2D eigenvalue weighted by atomic mass is 10.2. The molecular formula is C17H20N2O2S. The lowest BCUT2D eigenvalue weighted by Crippen LogP contribution is -2.47. The molecule has 4 nitrogen and oxygen atoms in total. The van der Waals surface area contributed by atoms with Crippen LogP contribution in [0.2, 0.25) is 0 Å². The maximum Gasteiger partial charge on any atom is 0.247 e. The van der Waals surface area contributed by atoms with E-state index in [1.54, 1.807) is 22.7 Å². The molecule has 0 unspecified atom stereocenters. The van der Waals surface area contributed by atoms with Gasteiger partial charge in [-0.05, 0) is 24.5 Å². The van der Waals surface area contributed by atoms with Crippen molar-refractivity contribution in [1.29, 1.82) is 0 Å². The third-order valence-electron chi connectivity index (χ3n) is 4.09. The molecule has 0 aliphatic carbocycles. The summed E-state index contributed by atoms with van der Waals surface area (Å²) in [5, 5.41) is 0. The maximum absolute atomic E-state index is 12.5. The summed E-state index contributed by atoms with van der Waals surface area (Å²) in [7, 11) is 0. The van der Waals surface area contributed by atoms with E-state index in [4.69, 9.17) is 0 Å². The Morgan fingerprint density at radius 2 is 1.86 bits per heavy atom. The fourth-order valence-electron chi connectivity index (χ4n) is 2.84. The van der Waals surface area contributed by atoms with Crippen molar-refractivity contribution in [2.75, 3.05) is 24.7 Å². The van der Waals surface area contributed by atoms with Crippen molar-refractivity contribution in [3.63, 3.8) is 0 Å². The van der Waals surface area contributed by atoms with Crippen molar-refractivity contribution < 1.29 is 9.59 Å². The first-order chi connectivity index (χ1) is 10.8. The second-order valence-electron chi connectivity index (χ2n) is 5.60. The van der Waals surface area contributed by atoms with Crippen LogP contribution < -0.4 is 0 Å². The van der Waals surface area contributed by atoms with Crippen LogP contribution in [0.15, 0.2) is 36.4 Å². The molecule has 2 fully saturated rings. The molecule has 1 aromatic carbocycles. The zero-order valence-corrected chi connectivity index (χ0v) is 13.3. The van der Waals surface area contributed by atoms with Crippen LogP contribution in [0.4, 0.5) is 0 Å². The van der Waals surface area contributed by atoms with Crippen LogP contribution in [-0.4, -0.2) is 52.4 Å². The van der Waals surface area contributed by atoms with Crippen LogP contribution >= 0.6 is 11.8 Å². The van der Waals surface area contributed by atoms with Crippen molar-refractivity contribution >= 4 is 29.7 Å². The summed E-state index contributed by atoms with van der Waals surface area (Å²) < 4.78 is 0. The first kappa shape index (κ1) is 15.2. The van der Waals surface area contributed by atoms with E-state index in [1.165, 1.54) is 0 Å². The third kappa shape index (κ3) is 3.35. The van der Waals surface area contributed by atoms with Gasteiger partial charge in [-0.15, -0.1) is 11.8 Å². The third-order valence-corrected chi connectivity index (χ3v) is 5.10. The molecule has 116 valence electrons. The summed E-state index contributed by atoms with van der Waals surface area (Å²) in [4.78, 5) is 28.5. The molecular weight excluding hydrogens is 296 g/mol. The first-order valence-corrected chi connectivity index (χ1v) is 8.81. The predicted molar refractivity (Wildman–Crippen MR) is 89.2 cm³/mol. The Balaban J connectivity index is 1.66. The Hall–Kier alpha value is -1.75. The van der Waals surface area contributed by atoms with E-state index >= 15 is 0 Å². The molecule has 2 aliphatic heterocycles. The van der Waals surface area contributed by atoms with Gasteiger partial charge in [-0.1, -0.05) is 30.3 Å². The first-order valence-electron chi connectivity index (χ1n) is 7.66. The highest BCUT2D eigenvalue weighted by atomic mass is 32.2. The van der Waals surface area contributed by atoms with Gasteiger partial charge >= 0.3 is 0 Å². The minimum Gasteiger partial charge on any atom is -0.341 e. The van der Waals surface area contributed by atoms with Gasteiger partial charge in [0.15, 0.2) is 0 Å². The lowest BCUT2D eigenvalue weighted by molar-refractivity contribution is -0.140. The minimum absolute atomic E-state index is 0.0774. The van der Waals surface area contributed by atoms with E-state index in [0.717, 1.165) is 31.5 Å². The van der Waals surface area contributed by atoms with Gasteiger partial charge in [0, 0.05) is 24.9 Å². The molecule has 0 radical (unpaired) electrons. The number of likely N-dealkylation sites (tertiary alicyclic amines) is 1. The van der Waals surface area contributed by atoms with Crippen LogP contribution in [0.5, 0.6) is 0 Å². The molecule has 2 heterocycles. The molecule has 1 atom stereocenters. The van der Waals surface area contributed by atoms with Gasteiger partial charge in [0.2, 0.25) is 11.8 Å². The smallest absolute Gasteiger partial charge is 0.247 e. The quantitative estimate of drug-likeness (QED) is 0.803. The zero-order chi connectivity index (χ0) is 15.4. The number of carbonyl (C=O) groups is 2. The van der Waals surface area contributed by atoms with Gasteiger partial charge in [-0.3, -0.25) is 9.59 Å². The molecule has 5 heteroatoms. The normalized spacial score (nSPS) is 21.7. The van der Waals surface area contributed by atoms with Gasteiger partial charge in [0.05, 0.1) is 5.88 Å². The van der Waals surface area contributed by atoms with Gasteiger partial charge < -0.3 is 9.80 Å². The fourth-order valence-corrected chi connectivity index (χ4v) is 4.00. The van der Waals surface area contributed by atoms with Gasteiger partial charge in [-0.25, -0.2) is 0 Å². The number of thioether (sulfide) groups is 1. The fraction of sp³-hybridized carbons (Fsp3) is 0.412. The molecule has 0 N–H and O–H groups in total. The number of carbonyl (C=O) groups excluding carboxylic acids is 2. The van der Waals surface area contributed by atoms with Gasteiger partial charge in [0.25, 0.3) is 0 Å². The van der Waals surface area contributed by atoms with E-state index in [1.807, 2.05) is 41.3 Å². The topological polar surface area (TPSA) is 40.6 Å². The van der Waals surface area contributed by atoms with Crippen molar-refractivity contribution in [3.8, 4) is 0 Å². The van der Waals surface area contributed by atoms with E-state index in [9.17, 15) is 9.59 Å². The van der Waals surface area contributed by atoms with E-state index in [0.29, 0.717) is 11.6 Å². The van der Waals surface area contributed by atoms with Crippen molar-refractivity contribution in [2.45, 2.75) is 18.9 Å². The summed E-state index contributed by atoms with van der Waals surface area (Å²) in [5.41, 5.74) is 0.991. The molecule has 0 saturated carbocycles. The summed E-state index contributed by atoms with van der Waals surface area (Å²) in [6, 6.07) is 9.44. The van der Waals surface area contributed by atoms with Crippen LogP contribution in [0, 0.1) is 0 Å². The van der Waals surface area contributed by atoms with Crippen molar-refractivity contribution in [2.24, 2.45) is 0 Å². The van der Waals surface area contributed by atoms with E-state index in [2.05, 4.69) is 0 Å². The number of hydrogen-bond donors (Lipinski definition) is 0. The number of benzene rings is 1. The Morgan fingerprint density at radius 1 is 1.14 bits per heavy atom. The molecule has 2 saturated heterocycles. The number of rotatable bonds is 3. The van der Waals surface area contributed by atoms with Gasteiger partial charge in [0.1, 0.15) is 6.04 Å². The summed E-state index contributed by atoms with van der Waals surface area (Å²) in [5.74, 6) is 1.35. The second-order valence-corrected chi connectivity index (χ2v) is 6.60.